The number of rotatable bonds is 3. The quantitative estimate of drug-likeness (QED) is 0.712. The molecule has 0 N–H and O–H groups in total. The Morgan fingerprint density at radius 1 is 1.36 bits per heavy atom. The van der Waals surface area contributed by atoms with Crippen molar-refractivity contribution >= 4 is 34.5 Å². The second-order valence-electron chi connectivity index (χ2n) is 6.50. The summed E-state index contributed by atoms with van der Waals surface area (Å²) >= 11 is 2.27. The van der Waals surface area contributed by atoms with E-state index in [0.717, 1.165) is 35.3 Å². The molecule has 1 amide bonds. The van der Waals surface area contributed by atoms with Gasteiger partial charge in [0, 0.05) is 34.9 Å². The molecule has 0 spiro atoms. The smallest absolute Gasteiger partial charge is 0.409 e. The highest BCUT2D eigenvalue weighted by Gasteiger charge is 2.42. The molecule has 3 rings (SSSR count). The summed E-state index contributed by atoms with van der Waals surface area (Å²) in [6.45, 7) is 6.07. The summed E-state index contributed by atoms with van der Waals surface area (Å²) in [6, 6.07) is 4.89. The molecule has 2 aliphatic rings. The molecule has 120 valence electrons. The molecule has 0 aliphatic carbocycles. The lowest BCUT2D eigenvalue weighted by molar-refractivity contribution is 0.0843. The van der Waals surface area contributed by atoms with E-state index in [-0.39, 0.29) is 6.09 Å². The lowest BCUT2D eigenvalue weighted by atomic mass is 10.2. The zero-order valence-corrected chi connectivity index (χ0v) is 15.2. The van der Waals surface area contributed by atoms with Gasteiger partial charge in [-0.1, -0.05) is 13.8 Å². The van der Waals surface area contributed by atoms with Crippen molar-refractivity contribution in [2.24, 2.45) is 5.92 Å². The monoisotopic (exact) mass is 415 g/mol. The molecule has 2 aliphatic heterocycles. The lowest BCUT2D eigenvalue weighted by Crippen LogP contribution is -2.56. The van der Waals surface area contributed by atoms with E-state index in [0.29, 0.717) is 24.6 Å². The average molecular weight is 415 g/mol. The second kappa shape index (κ2) is 6.60. The van der Waals surface area contributed by atoms with Gasteiger partial charge in [0.2, 0.25) is 0 Å². The average Bonchev–Trinajstić information content (AvgIpc) is 2.75. The molecular weight excluding hydrogens is 393 g/mol. The van der Waals surface area contributed by atoms with E-state index in [1.165, 1.54) is 0 Å². The maximum absolute atomic E-state index is 12.2. The van der Waals surface area contributed by atoms with Crippen molar-refractivity contribution in [2.45, 2.75) is 38.8 Å². The van der Waals surface area contributed by atoms with Gasteiger partial charge in [-0.15, -0.1) is 0 Å². The van der Waals surface area contributed by atoms with Gasteiger partial charge < -0.3 is 14.5 Å². The fourth-order valence-corrected chi connectivity index (χ4v) is 3.60. The van der Waals surface area contributed by atoms with Crippen LogP contribution in [0.5, 0.6) is 0 Å². The highest BCUT2D eigenvalue weighted by atomic mass is 127. The number of halogens is 1. The summed E-state index contributed by atoms with van der Waals surface area (Å²) in [5, 5.41) is 0. The van der Waals surface area contributed by atoms with E-state index in [4.69, 9.17) is 4.74 Å². The van der Waals surface area contributed by atoms with E-state index in [1.807, 2.05) is 11.1 Å². The number of carbonyl (C=O) groups excluding carboxylic acids is 1. The minimum absolute atomic E-state index is 0.166. The number of carbonyl (C=O) groups is 1. The summed E-state index contributed by atoms with van der Waals surface area (Å²) in [7, 11) is 0. The number of aromatic nitrogens is 1. The van der Waals surface area contributed by atoms with Gasteiger partial charge in [-0.05, 0) is 53.5 Å². The molecule has 1 aromatic heterocycles. The Balaban J connectivity index is 1.66. The molecule has 5 nitrogen and oxygen atoms in total. The van der Waals surface area contributed by atoms with Crippen LogP contribution >= 0.6 is 22.6 Å². The van der Waals surface area contributed by atoms with E-state index in [2.05, 4.69) is 58.5 Å². The maximum atomic E-state index is 12.2. The first-order valence-electron chi connectivity index (χ1n) is 7.86. The Kier molecular flexibility index (Phi) is 4.75. The van der Waals surface area contributed by atoms with E-state index >= 15 is 0 Å². The van der Waals surface area contributed by atoms with Crippen LogP contribution < -0.4 is 4.90 Å². The van der Waals surface area contributed by atoms with Crippen molar-refractivity contribution in [1.29, 1.82) is 0 Å². The number of piperazine rings is 1. The Hall–Kier alpha value is -1.05. The van der Waals surface area contributed by atoms with Gasteiger partial charge in [0.25, 0.3) is 0 Å². The van der Waals surface area contributed by atoms with Crippen molar-refractivity contribution in [3.63, 3.8) is 0 Å². The fourth-order valence-electron chi connectivity index (χ4n) is 3.28. The van der Waals surface area contributed by atoms with Gasteiger partial charge >= 0.3 is 6.09 Å². The number of amides is 1. The van der Waals surface area contributed by atoms with Crippen LogP contribution in [0.15, 0.2) is 18.3 Å². The van der Waals surface area contributed by atoms with Crippen molar-refractivity contribution in [3.05, 3.63) is 21.9 Å². The number of anilines is 1. The topological polar surface area (TPSA) is 45.7 Å². The predicted octanol–water partition coefficient (Wildman–Crippen LogP) is 3.13. The predicted molar refractivity (Wildman–Crippen MR) is 94.0 cm³/mol. The number of ether oxygens (including phenoxy) is 1. The number of nitrogens with zero attached hydrogens (tertiary/aromatic N) is 3. The SMILES string of the molecule is CC(C)COC(=O)N1CC2CCC(C1)N2c1ccc(I)cn1. The van der Waals surface area contributed by atoms with Gasteiger partial charge in [0.05, 0.1) is 6.61 Å². The van der Waals surface area contributed by atoms with Crippen LogP contribution in [0.4, 0.5) is 10.6 Å². The Labute approximate surface area is 145 Å². The standard InChI is InChI=1S/C16H22IN3O2/c1-11(2)10-22-16(21)19-8-13-4-5-14(9-19)20(13)15-6-3-12(17)7-18-15/h3,6-7,11,13-14H,4-5,8-10H2,1-2H3. The number of pyridine rings is 1. The number of hydrogen-bond donors (Lipinski definition) is 0. The summed E-state index contributed by atoms with van der Waals surface area (Å²) in [5.74, 6) is 1.40. The van der Waals surface area contributed by atoms with Crippen LogP contribution in [0.3, 0.4) is 0 Å². The molecule has 0 radical (unpaired) electrons. The summed E-state index contributed by atoms with van der Waals surface area (Å²) in [6.07, 6.45) is 3.97. The first kappa shape index (κ1) is 15.8. The highest BCUT2D eigenvalue weighted by molar-refractivity contribution is 14.1. The van der Waals surface area contributed by atoms with E-state index < -0.39 is 0 Å². The van der Waals surface area contributed by atoms with Crippen molar-refractivity contribution in [3.8, 4) is 0 Å². The molecule has 2 saturated heterocycles. The van der Waals surface area contributed by atoms with Crippen LogP contribution in [-0.2, 0) is 4.74 Å². The van der Waals surface area contributed by atoms with Crippen LogP contribution in [-0.4, -0.2) is 47.8 Å². The summed E-state index contributed by atoms with van der Waals surface area (Å²) in [4.78, 5) is 21.0. The van der Waals surface area contributed by atoms with E-state index in [1.54, 1.807) is 0 Å². The molecule has 3 heterocycles. The normalized spacial score (nSPS) is 24.0. The molecule has 1 aromatic rings. The summed E-state index contributed by atoms with van der Waals surface area (Å²) in [5.41, 5.74) is 0. The van der Waals surface area contributed by atoms with Crippen molar-refractivity contribution in [1.82, 2.24) is 9.88 Å². The Bertz CT molecular complexity index is 521. The molecule has 2 atom stereocenters. The van der Waals surface area contributed by atoms with Crippen molar-refractivity contribution < 1.29 is 9.53 Å². The molecule has 6 heteroatoms. The fraction of sp³-hybridized carbons (Fsp3) is 0.625. The third kappa shape index (κ3) is 3.31. The van der Waals surface area contributed by atoms with Crippen LogP contribution in [0, 0.1) is 9.49 Å². The zero-order chi connectivity index (χ0) is 15.7. The molecule has 2 unspecified atom stereocenters. The third-order valence-electron chi connectivity index (χ3n) is 4.26. The molecule has 0 aromatic carbocycles. The third-order valence-corrected chi connectivity index (χ3v) is 4.89. The number of fused-ring (bicyclic) bond motifs is 2. The van der Waals surface area contributed by atoms with Gasteiger partial charge in [-0.3, -0.25) is 0 Å². The molecular formula is C16H22IN3O2. The van der Waals surface area contributed by atoms with E-state index in [9.17, 15) is 4.79 Å². The van der Waals surface area contributed by atoms with Gasteiger partial charge in [-0.25, -0.2) is 9.78 Å². The molecule has 0 saturated carbocycles. The molecule has 2 bridgehead atoms. The van der Waals surface area contributed by atoms with Crippen LogP contribution in [0.2, 0.25) is 0 Å². The van der Waals surface area contributed by atoms with Gasteiger partial charge in [0.15, 0.2) is 0 Å². The minimum Gasteiger partial charge on any atom is -0.449 e. The second-order valence-corrected chi connectivity index (χ2v) is 7.75. The van der Waals surface area contributed by atoms with Crippen LogP contribution in [0.1, 0.15) is 26.7 Å². The van der Waals surface area contributed by atoms with Gasteiger partial charge in [-0.2, -0.15) is 0 Å². The zero-order valence-electron chi connectivity index (χ0n) is 13.0. The maximum Gasteiger partial charge on any atom is 0.409 e. The Morgan fingerprint density at radius 3 is 2.59 bits per heavy atom. The molecule has 22 heavy (non-hydrogen) atoms. The Morgan fingerprint density at radius 2 is 2.05 bits per heavy atom. The lowest BCUT2D eigenvalue weighted by Gasteiger charge is -2.41. The van der Waals surface area contributed by atoms with Gasteiger partial charge in [0.1, 0.15) is 5.82 Å². The minimum atomic E-state index is -0.166. The molecule has 2 fully saturated rings. The first-order chi connectivity index (χ1) is 10.5. The number of likely N-dealkylation sites (tertiary alicyclic amines) is 1. The largest absolute Gasteiger partial charge is 0.449 e. The number of hydrogen-bond acceptors (Lipinski definition) is 4. The summed E-state index contributed by atoms with van der Waals surface area (Å²) < 4.78 is 6.52. The first-order valence-corrected chi connectivity index (χ1v) is 8.94. The van der Waals surface area contributed by atoms with Crippen molar-refractivity contribution in [2.75, 3.05) is 24.6 Å². The van der Waals surface area contributed by atoms with Crippen LogP contribution in [0.25, 0.3) is 0 Å². The highest BCUT2D eigenvalue weighted by Crippen LogP contribution is 2.34.